The number of primary sulfonamides is 1. The lowest BCUT2D eigenvalue weighted by Crippen LogP contribution is -2.36. The van der Waals surface area contributed by atoms with E-state index in [4.69, 9.17) is 5.14 Å². The van der Waals surface area contributed by atoms with Gasteiger partial charge in [0.2, 0.25) is 15.9 Å². The van der Waals surface area contributed by atoms with E-state index in [2.05, 4.69) is 11.9 Å². The van der Waals surface area contributed by atoms with Gasteiger partial charge in [-0.25, -0.2) is 22.9 Å². The fraction of sp³-hybridized carbons (Fsp3) is 0.345. The first-order chi connectivity index (χ1) is 19.1. The summed E-state index contributed by atoms with van der Waals surface area (Å²) < 4.78 is 42.7. The summed E-state index contributed by atoms with van der Waals surface area (Å²) in [5.74, 6) is -0.0621. The van der Waals surface area contributed by atoms with E-state index < -0.39 is 15.8 Å². The normalized spacial score (nSPS) is 11.7. The lowest BCUT2D eigenvalue weighted by molar-refractivity contribution is -0.131. The van der Waals surface area contributed by atoms with Crippen LogP contribution >= 0.6 is 0 Å². The molecule has 0 fully saturated rings. The number of aryl methyl sites for hydroxylation is 1. The Morgan fingerprint density at radius 1 is 1.07 bits per heavy atom. The number of fused-ring (bicyclic) bond motifs is 1. The van der Waals surface area contributed by atoms with Gasteiger partial charge in [-0.1, -0.05) is 43.7 Å². The average Bonchev–Trinajstić information content (AvgIpc) is 3.28. The molecule has 0 aliphatic heterocycles. The fourth-order valence-electron chi connectivity index (χ4n) is 4.83. The Kier molecular flexibility index (Phi) is 8.85. The Labute approximate surface area is 233 Å². The third-order valence-corrected chi connectivity index (χ3v) is 7.98. The zero-order valence-electron chi connectivity index (χ0n) is 22.9. The molecule has 9 nitrogen and oxygen atoms in total. The minimum absolute atomic E-state index is 0.0434. The van der Waals surface area contributed by atoms with Gasteiger partial charge in [-0.05, 0) is 44.0 Å². The second-order valence-electron chi connectivity index (χ2n) is 9.61. The number of likely N-dealkylation sites (N-methyl/N-ethyl adjacent to an activating group) is 1. The molecular formula is C29H34FN5O4S. The summed E-state index contributed by atoms with van der Waals surface area (Å²) in [4.78, 5) is 32.5. The van der Waals surface area contributed by atoms with Crippen molar-refractivity contribution in [3.63, 3.8) is 0 Å². The number of benzene rings is 2. The Morgan fingerprint density at radius 2 is 1.80 bits per heavy atom. The van der Waals surface area contributed by atoms with Crippen LogP contribution in [0.25, 0.3) is 22.2 Å². The van der Waals surface area contributed by atoms with Crippen LogP contribution in [0.2, 0.25) is 0 Å². The van der Waals surface area contributed by atoms with Crippen molar-refractivity contribution in [1.82, 2.24) is 19.0 Å². The quantitative estimate of drug-likeness (QED) is 0.295. The number of amides is 1. The number of unbranched alkanes of at least 4 members (excludes halogenated alkanes) is 1. The summed E-state index contributed by atoms with van der Waals surface area (Å²) in [7, 11) is -4.01. The Bertz CT molecular complexity index is 1710. The van der Waals surface area contributed by atoms with E-state index in [0.29, 0.717) is 53.1 Å². The number of halogens is 1. The summed E-state index contributed by atoms with van der Waals surface area (Å²) >= 11 is 0. The Hall–Kier alpha value is -3.83. The number of carbonyl (C=O) groups excluding carboxylic acids is 1. The molecule has 40 heavy (non-hydrogen) atoms. The van der Waals surface area contributed by atoms with Crippen LogP contribution in [0, 0.1) is 5.82 Å². The van der Waals surface area contributed by atoms with E-state index in [0.717, 1.165) is 12.8 Å². The van der Waals surface area contributed by atoms with Crippen LogP contribution in [0.4, 0.5) is 4.39 Å². The van der Waals surface area contributed by atoms with Gasteiger partial charge in [0.15, 0.2) is 0 Å². The highest BCUT2D eigenvalue weighted by molar-refractivity contribution is 7.89. The van der Waals surface area contributed by atoms with Gasteiger partial charge in [0.25, 0.3) is 5.56 Å². The lowest BCUT2D eigenvalue weighted by Gasteiger charge is -2.19. The maximum atomic E-state index is 15.5. The molecule has 0 bridgehead atoms. The number of rotatable bonds is 11. The number of nitrogens with two attached hydrogens (primary N) is 1. The van der Waals surface area contributed by atoms with Gasteiger partial charge in [0, 0.05) is 36.8 Å². The highest BCUT2D eigenvalue weighted by Crippen LogP contribution is 2.28. The summed E-state index contributed by atoms with van der Waals surface area (Å²) in [6, 6.07) is 12.3. The van der Waals surface area contributed by atoms with Gasteiger partial charge in [-0.3, -0.25) is 9.59 Å². The molecular weight excluding hydrogens is 533 g/mol. The van der Waals surface area contributed by atoms with E-state index >= 15 is 4.39 Å². The lowest BCUT2D eigenvalue weighted by atomic mass is 10.0. The third kappa shape index (κ3) is 6.00. The van der Waals surface area contributed by atoms with E-state index in [1.165, 1.54) is 16.7 Å². The van der Waals surface area contributed by atoms with E-state index in [-0.39, 0.29) is 29.5 Å². The van der Waals surface area contributed by atoms with Gasteiger partial charge in [-0.15, -0.1) is 0 Å². The molecule has 2 aromatic heterocycles. The minimum Gasteiger partial charge on any atom is -0.342 e. The number of carbonyl (C=O) groups is 1. The smallest absolute Gasteiger partial charge is 0.277 e. The molecule has 212 valence electrons. The minimum atomic E-state index is -4.01. The highest BCUT2D eigenvalue weighted by Gasteiger charge is 2.20. The van der Waals surface area contributed by atoms with Crippen LogP contribution in [0.5, 0.6) is 0 Å². The Balaban J connectivity index is 1.77. The van der Waals surface area contributed by atoms with Crippen molar-refractivity contribution in [2.45, 2.75) is 58.0 Å². The predicted molar refractivity (Wildman–Crippen MR) is 153 cm³/mol. The van der Waals surface area contributed by atoms with Gasteiger partial charge < -0.3 is 14.0 Å². The third-order valence-electron chi connectivity index (χ3n) is 7.01. The molecule has 4 rings (SSSR count). The zero-order chi connectivity index (χ0) is 29.0. The summed E-state index contributed by atoms with van der Waals surface area (Å²) in [6.07, 6.45) is 3.93. The van der Waals surface area contributed by atoms with Crippen molar-refractivity contribution in [3.05, 3.63) is 82.3 Å². The number of hydrogen-bond donors (Lipinski definition) is 1. The molecule has 2 aromatic carbocycles. The Morgan fingerprint density at radius 3 is 2.45 bits per heavy atom. The molecule has 0 atom stereocenters. The van der Waals surface area contributed by atoms with Gasteiger partial charge in [0.1, 0.15) is 23.7 Å². The van der Waals surface area contributed by atoms with Crippen LogP contribution in [-0.2, 0) is 34.3 Å². The molecule has 0 saturated heterocycles. The average molecular weight is 568 g/mol. The predicted octanol–water partition coefficient (Wildman–Crippen LogP) is 3.91. The second kappa shape index (κ2) is 12.1. The maximum absolute atomic E-state index is 15.5. The van der Waals surface area contributed by atoms with Crippen LogP contribution in [-0.4, -0.2) is 46.4 Å². The number of sulfonamides is 1. The van der Waals surface area contributed by atoms with Crippen molar-refractivity contribution in [2.24, 2.45) is 5.14 Å². The monoisotopic (exact) mass is 567 g/mol. The number of hydrogen-bond acceptors (Lipinski definition) is 5. The highest BCUT2D eigenvalue weighted by atomic mass is 32.2. The number of imidazole rings is 1. The summed E-state index contributed by atoms with van der Waals surface area (Å²) in [6.45, 7) is 6.85. The van der Waals surface area contributed by atoms with Crippen molar-refractivity contribution < 1.29 is 17.6 Å². The summed E-state index contributed by atoms with van der Waals surface area (Å²) in [5.41, 5.74) is 1.40. The molecule has 0 radical (unpaired) electrons. The van der Waals surface area contributed by atoms with Crippen LogP contribution < -0.4 is 10.7 Å². The van der Waals surface area contributed by atoms with Crippen molar-refractivity contribution in [1.29, 1.82) is 0 Å². The van der Waals surface area contributed by atoms with E-state index in [9.17, 15) is 18.0 Å². The van der Waals surface area contributed by atoms with Gasteiger partial charge in [0.05, 0.1) is 17.0 Å². The number of aromatic nitrogens is 3. The molecule has 11 heteroatoms. The van der Waals surface area contributed by atoms with Gasteiger partial charge in [-0.2, -0.15) is 0 Å². The first kappa shape index (κ1) is 29.2. The molecule has 0 spiro atoms. The van der Waals surface area contributed by atoms with Crippen molar-refractivity contribution >= 4 is 27.0 Å². The standard InChI is InChI=1S/C29H34FN5O4S/c1-4-7-12-26-32-24-15-16-34(19-27(36)33(5-2)6-3)29(37)28(24)35(26)18-21-14-13-20(17-23(21)30)22-10-8-9-11-25(22)40(31,38)39/h8-11,13-17H,4-7,12,18-19H2,1-3H3,(H2,31,38,39). The molecule has 0 saturated carbocycles. The number of pyridine rings is 1. The van der Waals surface area contributed by atoms with Crippen molar-refractivity contribution in [2.75, 3.05) is 13.1 Å². The number of nitrogens with zero attached hydrogens (tertiary/aromatic N) is 4. The first-order valence-electron chi connectivity index (χ1n) is 13.4. The maximum Gasteiger partial charge on any atom is 0.277 e. The van der Waals surface area contributed by atoms with Crippen LogP contribution in [0.15, 0.2) is 64.4 Å². The second-order valence-corrected chi connectivity index (χ2v) is 11.1. The van der Waals surface area contributed by atoms with E-state index in [1.54, 1.807) is 52.1 Å². The fourth-order valence-corrected chi connectivity index (χ4v) is 5.60. The molecule has 1 amide bonds. The largest absolute Gasteiger partial charge is 0.342 e. The molecule has 4 aromatic rings. The molecule has 2 N–H and O–H groups in total. The topological polar surface area (TPSA) is 120 Å². The van der Waals surface area contributed by atoms with Gasteiger partial charge >= 0.3 is 0 Å². The van der Waals surface area contributed by atoms with Crippen LogP contribution in [0.1, 0.15) is 45.0 Å². The first-order valence-corrected chi connectivity index (χ1v) is 14.9. The zero-order valence-corrected chi connectivity index (χ0v) is 23.7. The van der Waals surface area contributed by atoms with Crippen LogP contribution in [0.3, 0.4) is 0 Å². The molecule has 0 aliphatic carbocycles. The molecule has 2 heterocycles. The molecule has 0 unspecified atom stereocenters. The SMILES string of the molecule is CCCCc1nc2ccn(CC(=O)N(CC)CC)c(=O)c2n1Cc1ccc(-c2ccccc2S(N)(=O)=O)cc1F. The van der Waals surface area contributed by atoms with E-state index in [1.807, 2.05) is 13.8 Å². The summed E-state index contributed by atoms with van der Waals surface area (Å²) in [5, 5.41) is 5.36. The molecule has 0 aliphatic rings. The van der Waals surface area contributed by atoms with Crippen molar-refractivity contribution in [3.8, 4) is 11.1 Å².